The fourth-order valence-electron chi connectivity index (χ4n) is 2.88. The predicted molar refractivity (Wildman–Crippen MR) is 120 cm³/mol. The van der Waals surface area contributed by atoms with Gasteiger partial charge in [0.15, 0.2) is 5.75 Å². The summed E-state index contributed by atoms with van der Waals surface area (Å²) in [4.78, 5) is 16.4. The highest BCUT2D eigenvalue weighted by atomic mass is 35.5. The average Bonchev–Trinajstić information content (AvgIpc) is 3.29. The van der Waals surface area contributed by atoms with Gasteiger partial charge in [-0.1, -0.05) is 40.5 Å². The van der Waals surface area contributed by atoms with Crippen LogP contribution in [0.4, 0.5) is 4.39 Å². The van der Waals surface area contributed by atoms with Gasteiger partial charge in [0, 0.05) is 12.1 Å². The molecule has 7 nitrogen and oxygen atoms in total. The third kappa shape index (κ3) is 5.24. The van der Waals surface area contributed by atoms with Gasteiger partial charge in [0.05, 0.1) is 10.0 Å². The van der Waals surface area contributed by atoms with E-state index in [2.05, 4.69) is 15.5 Å². The largest absolute Gasteiger partial charge is 0.505 e. The lowest BCUT2D eigenvalue weighted by Gasteiger charge is -2.08. The summed E-state index contributed by atoms with van der Waals surface area (Å²) < 4.78 is 24.1. The predicted octanol–water partition coefficient (Wildman–Crippen LogP) is 5.92. The lowest BCUT2D eigenvalue weighted by atomic mass is 10.2. The smallest absolute Gasteiger partial charge is 0.316 e. The Hall–Kier alpha value is -3.62. The molecule has 33 heavy (non-hydrogen) atoms. The van der Waals surface area contributed by atoms with E-state index >= 15 is 0 Å². The van der Waals surface area contributed by atoms with E-state index in [-0.39, 0.29) is 39.9 Å². The van der Waals surface area contributed by atoms with Crippen molar-refractivity contribution in [2.45, 2.75) is 13.5 Å². The van der Waals surface area contributed by atoms with Gasteiger partial charge in [-0.3, -0.25) is 4.79 Å². The quantitative estimate of drug-likeness (QED) is 0.350. The van der Waals surface area contributed by atoms with Crippen molar-refractivity contribution in [3.8, 4) is 28.6 Å². The van der Waals surface area contributed by atoms with Crippen LogP contribution < -0.4 is 10.1 Å². The summed E-state index contributed by atoms with van der Waals surface area (Å²) in [5.41, 5.74) is 1.69. The first-order valence-electron chi connectivity index (χ1n) is 9.63. The SMILES string of the molecule is Cc1cc(Oc2ccc(CNC(=O)c3nc(-c4cc(Cl)c(O)c(Cl)c4)no3)cc2)ccc1F. The van der Waals surface area contributed by atoms with Crippen LogP contribution in [0.3, 0.4) is 0 Å². The molecule has 0 aliphatic rings. The Labute approximate surface area is 197 Å². The Morgan fingerprint density at radius 1 is 1.09 bits per heavy atom. The standard InChI is InChI=1S/C23H16Cl2FN3O4/c1-12-8-16(6-7-19(12)26)32-15-4-2-13(3-5-15)11-27-22(31)23-28-21(29-33-23)14-9-17(24)20(30)18(25)10-14/h2-10,30H,11H2,1H3,(H,27,31). The van der Waals surface area contributed by atoms with Gasteiger partial charge in [-0.15, -0.1) is 0 Å². The molecule has 0 bridgehead atoms. The van der Waals surface area contributed by atoms with E-state index < -0.39 is 5.91 Å². The third-order valence-corrected chi connectivity index (χ3v) is 5.21. The van der Waals surface area contributed by atoms with Crippen molar-refractivity contribution in [2.75, 3.05) is 0 Å². The molecule has 1 amide bonds. The van der Waals surface area contributed by atoms with E-state index in [4.69, 9.17) is 32.5 Å². The highest BCUT2D eigenvalue weighted by molar-refractivity contribution is 6.37. The highest BCUT2D eigenvalue weighted by Crippen LogP contribution is 2.35. The first kappa shape index (κ1) is 22.6. The van der Waals surface area contributed by atoms with E-state index in [0.717, 1.165) is 5.56 Å². The summed E-state index contributed by atoms with van der Waals surface area (Å²) in [6.45, 7) is 1.87. The second-order valence-electron chi connectivity index (χ2n) is 7.05. The Morgan fingerprint density at radius 3 is 2.42 bits per heavy atom. The minimum absolute atomic E-state index is 0.0234. The number of halogens is 3. The highest BCUT2D eigenvalue weighted by Gasteiger charge is 2.18. The molecule has 1 heterocycles. The topological polar surface area (TPSA) is 97.5 Å². The maximum Gasteiger partial charge on any atom is 0.316 e. The molecule has 2 N–H and O–H groups in total. The van der Waals surface area contributed by atoms with Crippen molar-refractivity contribution in [1.29, 1.82) is 0 Å². The van der Waals surface area contributed by atoms with Crippen LogP contribution in [0.15, 0.2) is 59.1 Å². The first-order valence-corrected chi connectivity index (χ1v) is 10.4. The third-order valence-electron chi connectivity index (χ3n) is 4.64. The number of nitrogens with zero attached hydrogens (tertiary/aromatic N) is 2. The average molecular weight is 488 g/mol. The summed E-state index contributed by atoms with van der Waals surface area (Å²) >= 11 is 11.8. The lowest BCUT2D eigenvalue weighted by molar-refractivity contribution is 0.0907. The summed E-state index contributed by atoms with van der Waals surface area (Å²) in [6.07, 6.45) is 0. The number of aryl methyl sites for hydroxylation is 1. The molecule has 4 rings (SSSR count). The maximum atomic E-state index is 13.4. The van der Waals surface area contributed by atoms with Gasteiger partial charge in [-0.25, -0.2) is 4.39 Å². The maximum absolute atomic E-state index is 13.4. The molecule has 10 heteroatoms. The van der Waals surface area contributed by atoms with Crippen molar-refractivity contribution in [2.24, 2.45) is 0 Å². The Balaban J connectivity index is 1.36. The van der Waals surface area contributed by atoms with E-state index in [1.54, 1.807) is 43.3 Å². The first-order chi connectivity index (χ1) is 15.8. The number of aromatic nitrogens is 2. The zero-order valence-corrected chi connectivity index (χ0v) is 18.6. The molecule has 3 aromatic carbocycles. The fourth-order valence-corrected chi connectivity index (χ4v) is 3.36. The number of benzene rings is 3. The lowest BCUT2D eigenvalue weighted by Crippen LogP contribution is -2.23. The van der Waals surface area contributed by atoms with E-state index in [1.807, 2.05) is 0 Å². The van der Waals surface area contributed by atoms with Crippen LogP contribution in [0.5, 0.6) is 17.2 Å². The molecular weight excluding hydrogens is 472 g/mol. The van der Waals surface area contributed by atoms with Crippen LogP contribution in [0.1, 0.15) is 21.8 Å². The van der Waals surface area contributed by atoms with Gasteiger partial charge in [-0.05, 0) is 60.5 Å². The molecule has 0 aliphatic carbocycles. The molecule has 0 spiro atoms. The van der Waals surface area contributed by atoms with Gasteiger partial charge in [0.25, 0.3) is 0 Å². The van der Waals surface area contributed by atoms with E-state index in [9.17, 15) is 14.3 Å². The molecule has 0 atom stereocenters. The molecule has 0 saturated carbocycles. The number of hydrogen-bond donors (Lipinski definition) is 2. The van der Waals surface area contributed by atoms with Crippen molar-refractivity contribution >= 4 is 29.1 Å². The number of phenols is 1. The fraction of sp³-hybridized carbons (Fsp3) is 0.0870. The summed E-state index contributed by atoms with van der Waals surface area (Å²) in [5.74, 6) is -0.155. The van der Waals surface area contributed by atoms with Gasteiger partial charge in [0.1, 0.15) is 17.3 Å². The molecule has 0 fully saturated rings. The molecule has 0 unspecified atom stereocenters. The Bertz CT molecular complexity index is 1300. The molecule has 4 aromatic rings. The molecule has 1 aromatic heterocycles. The molecule has 168 valence electrons. The van der Waals surface area contributed by atoms with Crippen LogP contribution in [0.25, 0.3) is 11.4 Å². The number of aromatic hydroxyl groups is 1. The number of phenolic OH excluding ortho intramolecular Hbond substituents is 1. The second kappa shape index (κ2) is 9.48. The normalized spacial score (nSPS) is 10.8. The molecule has 0 saturated heterocycles. The van der Waals surface area contributed by atoms with E-state index in [0.29, 0.717) is 22.6 Å². The van der Waals surface area contributed by atoms with Gasteiger partial charge in [-0.2, -0.15) is 4.98 Å². The van der Waals surface area contributed by atoms with Crippen molar-refractivity contribution < 1.29 is 23.6 Å². The Morgan fingerprint density at radius 2 is 1.76 bits per heavy atom. The number of hydrogen-bond acceptors (Lipinski definition) is 6. The van der Waals surface area contributed by atoms with Crippen molar-refractivity contribution in [3.05, 3.63) is 87.5 Å². The number of carbonyl (C=O) groups is 1. The van der Waals surface area contributed by atoms with E-state index in [1.165, 1.54) is 18.2 Å². The van der Waals surface area contributed by atoms with Crippen LogP contribution in [0.2, 0.25) is 10.0 Å². The molecular formula is C23H16Cl2FN3O4. The van der Waals surface area contributed by atoms with Crippen LogP contribution in [0, 0.1) is 12.7 Å². The number of rotatable bonds is 6. The summed E-state index contributed by atoms with van der Waals surface area (Å²) in [7, 11) is 0. The van der Waals surface area contributed by atoms with Crippen molar-refractivity contribution in [1.82, 2.24) is 15.5 Å². The number of amides is 1. The molecule has 0 aliphatic heterocycles. The van der Waals surface area contributed by atoms with Crippen LogP contribution in [-0.4, -0.2) is 21.2 Å². The monoisotopic (exact) mass is 487 g/mol. The minimum Gasteiger partial charge on any atom is -0.505 e. The van der Waals surface area contributed by atoms with Gasteiger partial charge in [0.2, 0.25) is 5.82 Å². The van der Waals surface area contributed by atoms with Crippen LogP contribution in [-0.2, 0) is 6.54 Å². The van der Waals surface area contributed by atoms with Gasteiger partial charge < -0.3 is 19.7 Å². The summed E-state index contributed by atoms with van der Waals surface area (Å²) in [6, 6.07) is 14.4. The minimum atomic E-state index is -0.563. The van der Waals surface area contributed by atoms with Crippen molar-refractivity contribution in [3.63, 3.8) is 0 Å². The zero-order valence-electron chi connectivity index (χ0n) is 17.1. The van der Waals surface area contributed by atoms with Gasteiger partial charge >= 0.3 is 11.8 Å². The van der Waals surface area contributed by atoms with Crippen LogP contribution >= 0.6 is 23.2 Å². The zero-order chi connectivity index (χ0) is 23.5. The number of ether oxygens (including phenoxy) is 1. The number of nitrogens with one attached hydrogen (secondary N) is 1. The number of carbonyl (C=O) groups excluding carboxylic acids is 1. The Kier molecular flexibility index (Phi) is 6.48. The summed E-state index contributed by atoms with van der Waals surface area (Å²) in [5, 5.41) is 16.1. The molecule has 0 radical (unpaired) electrons. The second-order valence-corrected chi connectivity index (χ2v) is 7.87.